The van der Waals surface area contributed by atoms with Crippen molar-refractivity contribution in [2.24, 2.45) is 11.7 Å². The summed E-state index contributed by atoms with van der Waals surface area (Å²) in [6, 6.07) is 0.328. The molecular weight excluding hydrogens is 254 g/mol. The second-order valence-electron chi connectivity index (χ2n) is 4.88. The molecule has 1 aliphatic rings. The maximum absolute atomic E-state index is 5.95. The molecule has 1 aromatic rings. The number of hydrogen-bond acceptors (Lipinski definition) is 4. The Morgan fingerprint density at radius 1 is 1.53 bits per heavy atom. The third-order valence-electron chi connectivity index (χ3n) is 3.42. The Morgan fingerprint density at radius 3 is 2.71 bits per heavy atom. The van der Waals surface area contributed by atoms with Gasteiger partial charge in [0.25, 0.3) is 0 Å². The monoisotopic (exact) mass is 275 g/mol. The highest BCUT2D eigenvalue weighted by atomic mass is 35.5. The number of halogens is 1. The first-order chi connectivity index (χ1) is 7.56. The van der Waals surface area contributed by atoms with Gasteiger partial charge in [0.15, 0.2) is 0 Å². The minimum atomic E-state index is 0. The fourth-order valence-electron chi connectivity index (χ4n) is 2.36. The zero-order valence-electron chi connectivity index (χ0n) is 10.8. The van der Waals surface area contributed by atoms with Gasteiger partial charge in [-0.3, -0.25) is 4.90 Å². The molecule has 0 spiro atoms. The molecule has 3 nitrogen and oxygen atoms in total. The van der Waals surface area contributed by atoms with Gasteiger partial charge in [-0.05, 0) is 39.7 Å². The van der Waals surface area contributed by atoms with Gasteiger partial charge in [0.05, 0.1) is 10.7 Å². The first kappa shape index (κ1) is 14.9. The minimum absolute atomic E-state index is 0. The standard InChI is InChI=1S/C12H21N3S.ClH/c1-8(13)11-4-5-15(6-11)7-12-9(2)14-10(3)16-12;/h8,11H,4-7,13H2,1-3H3;1H. The van der Waals surface area contributed by atoms with E-state index in [-0.39, 0.29) is 12.4 Å². The maximum atomic E-state index is 5.95. The van der Waals surface area contributed by atoms with Crippen LogP contribution in [0.25, 0.3) is 0 Å². The van der Waals surface area contributed by atoms with Crippen molar-refractivity contribution in [3.8, 4) is 0 Å². The zero-order chi connectivity index (χ0) is 11.7. The number of nitrogens with zero attached hydrogens (tertiary/aromatic N) is 2. The molecule has 1 fully saturated rings. The molecule has 2 unspecified atom stereocenters. The van der Waals surface area contributed by atoms with Crippen LogP contribution < -0.4 is 5.73 Å². The van der Waals surface area contributed by atoms with E-state index < -0.39 is 0 Å². The van der Waals surface area contributed by atoms with Gasteiger partial charge in [-0.15, -0.1) is 23.7 Å². The van der Waals surface area contributed by atoms with Crippen molar-refractivity contribution in [1.82, 2.24) is 9.88 Å². The molecule has 98 valence electrons. The first-order valence-electron chi connectivity index (χ1n) is 5.97. The van der Waals surface area contributed by atoms with Crippen LogP contribution in [-0.2, 0) is 6.54 Å². The summed E-state index contributed by atoms with van der Waals surface area (Å²) in [6.45, 7) is 9.70. The van der Waals surface area contributed by atoms with Gasteiger partial charge in [-0.25, -0.2) is 4.98 Å². The number of aryl methyl sites for hydroxylation is 2. The van der Waals surface area contributed by atoms with E-state index in [1.54, 1.807) is 0 Å². The maximum Gasteiger partial charge on any atom is 0.0900 e. The van der Waals surface area contributed by atoms with Crippen molar-refractivity contribution < 1.29 is 0 Å². The lowest BCUT2D eigenvalue weighted by molar-refractivity contribution is 0.310. The van der Waals surface area contributed by atoms with E-state index in [0.717, 1.165) is 13.1 Å². The number of nitrogens with two attached hydrogens (primary N) is 1. The Hall–Kier alpha value is -0.160. The van der Waals surface area contributed by atoms with Crippen LogP contribution in [0.15, 0.2) is 0 Å². The molecule has 17 heavy (non-hydrogen) atoms. The fourth-order valence-corrected chi connectivity index (χ4v) is 3.34. The van der Waals surface area contributed by atoms with Gasteiger partial charge >= 0.3 is 0 Å². The van der Waals surface area contributed by atoms with Gasteiger partial charge in [0.2, 0.25) is 0 Å². The van der Waals surface area contributed by atoms with Crippen LogP contribution >= 0.6 is 23.7 Å². The van der Waals surface area contributed by atoms with Crippen LogP contribution in [0.5, 0.6) is 0 Å². The first-order valence-corrected chi connectivity index (χ1v) is 6.78. The highest BCUT2D eigenvalue weighted by Crippen LogP contribution is 2.24. The normalized spacial score (nSPS) is 22.5. The summed E-state index contributed by atoms with van der Waals surface area (Å²) in [5.41, 5.74) is 7.15. The van der Waals surface area contributed by atoms with Gasteiger partial charge in [-0.1, -0.05) is 0 Å². The largest absolute Gasteiger partial charge is 0.328 e. The number of likely N-dealkylation sites (tertiary alicyclic amines) is 1. The average molecular weight is 276 g/mol. The Kier molecular flexibility index (Phi) is 5.38. The second kappa shape index (κ2) is 6.14. The van der Waals surface area contributed by atoms with Crippen LogP contribution in [0.3, 0.4) is 0 Å². The molecule has 1 aliphatic heterocycles. The zero-order valence-corrected chi connectivity index (χ0v) is 12.4. The van der Waals surface area contributed by atoms with Gasteiger partial charge < -0.3 is 5.73 Å². The molecule has 1 aromatic heterocycles. The lowest BCUT2D eigenvalue weighted by Crippen LogP contribution is -2.29. The molecule has 2 heterocycles. The fraction of sp³-hybridized carbons (Fsp3) is 0.750. The summed E-state index contributed by atoms with van der Waals surface area (Å²) < 4.78 is 0. The number of hydrogen-bond donors (Lipinski definition) is 1. The Bertz CT molecular complexity index is 365. The molecule has 0 aliphatic carbocycles. The molecule has 0 aromatic carbocycles. The Balaban J connectivity index is 0.00000144. The molecule has 2 rings (SSSR count). The molecule has 0 radical (unpaired) electrons. The summed E-state index contributed by atoms with van der Waals surface area (Å²) in [6.07, 6.45) is 1.24. The lowest BCUT2D eigenvalue weighted by atomic mass is 10.0. The Morgan fingerprint density at radius 2 is 2.24 bits per heavy atom. The lowest BCUT2D eigenvalue weighted by Gasteiger charge is -2.17. The van der Waals surface area contributed by atoms with Crippen LogP contribution in [-0.4, -0.2) is 29.0 Å². The quantitative estimate of drug-likeness (QED) is 0.921. The highest BCUT2D eigenvalue weighted by molar-refractivity contribution is 7.11. The molecule has 0 amide bonds. The second-order valence-corrected chi connectivity index (χ2v) is 6.17. The molecule has 0 saturated carbocycles. The van der Waals surface area contributed by atoms with Crippen molar-refractivity contribution in [1.29, 1.82) is 0 Å². The van der Waals surface area contributed by atoms with E-state index in [4.69, 9.17) is 5.73 Å². The van der Waals surface area contributed by atoms with E-state index in [0.29, 0.717) is 12.0 Å². The van der Waals surface area contributed by atoms with Crippen molar-refractivity contribution in [3.05, 3.63) is 15.6 Å². The summed E-state index contributed by atoms with van der Waals surface area (Å²) in [4.78, 5) is 8.40. The summed E-state index contributed by atoms with van der Waals surface area (Å²) in [7, 11) is 0. The highest BCUT2D eigenvalue weighted by Gasteiger charge is 2.25. The van der Waals surface area contributed by atoms with E-state index in [2.05, 4.69) is 30.7 Å². The predicted molar refractivity (Wildman–Crippen MR) is 75.9 cm³/mol. The van der Waals surface area contributed by atoms with Gasteiger partial charge in [0, 0.05) is 24.0 Å². The van der Waals surface area contributed by atoms with Crippen LogP contribution in [0.4, 0.5) is 0 Å². The minimum Gasteiger partial charge on any atom is -0.328 e. The third kappa shape index (κ3) is 3.65. The summed E-state index contributed by atoms with van der Waals surface area (Å²) in [5, 5.41) is 1.18. The average Bonchev–Trinajstić information content (AvgIpc) is 2.75. The van der Waals surface area contributed by atoms with E-state index in [9.17, 15) is 0 Å². The molecule has 1 saturated heterocycles. The SMILES string of the molecule is Cc1nc(C)c(CN2CCC(C(C)N)C2)s1.Cl. The Labute approximate surface area is 114 Å². The van der Waals surface area contributed by atoms with E-state index in [1.807, 2.05) is 11.3 Å². The van der Waals surface area contributed by atoms with Crippen LogP contribution in [0, 0.1) is 19.8 Å². The van der Waals surface area contributed by atoms with Crippen molar-refractivity contribution in [3.63, 3.8) is 0 Å². The van der Waals surface area contributed by atoms with E-state index >= 15 is 0 Å². The van der Waals surface area contributed by atoms with Crippen molar-refractivity contribution in [2.75, 3.05) is 13.1 Å². The summed E-state index contributed by atoms with van der Waals surface area (Å²) >= 11 is 1.83. The third-order valence-corrected chi connectivity index (χ3v) is 4.48. The molecule has 2 N–H and O–H groups in total. The molecule has 0 bridgehead atoms. The smallest absolute Gasteiger partial charge is 0.0900 e. The van der Waals surface area contributed by atoms with Crippen molar-refractivity contribution >= 4 is 23.7 Å². The number of rotatable bonds is 3. The number of thiazole rings is 1. The van der Waals surface area contributed by atoms with Crippen LogP contribution in [0.2, 0.25) is 0 Å². The van der Waals surface area contributed by atoms with E-state index in [1.165, 1.54) is 28.5 Å². The topological polar surface area (TPSA) is 42.2 Å². The molecular formula is C12H22ClN3S. The number of aromatic nitrogens is 1. The van der Waals surface area contributed by atoms with Gasteiger partial charge in [-0.2, -0.15) is 0 Å². The van der Waals surface area contributed by atoms with Crippen LogP contribution in [0.1, 0.15) is 28.9 Å². The van der Waals surface area contributed by atoms with Crippen molar-refractivity contribution in [2.45, 2.75) is 39.8 Å². The predicted octanol–water partition coefficient (Wildman–Crippen LogP) is 2.35. The van der Waals surface area contributed by atoms with Gasteiger partial charge in [0.1, 0.15) is 0 Å². The summed E-state index contributed by atoms with van der Waals surface area (Å²) in [5.74, 6) is 0.675. The molecule has 5 heteroatoms. The molecule has 2 atom stereocenters.